The first-order valence-electron chi connectivity index (χ1n) is 6.37. The van der Waals surface area contributed by atoms with Gasteiger partial charge in [-0.2, -0.15) is 13.2 Å². The summed E-state index contributed by atoms with van der Waals surface area (Å²) in [6.45, 7) is 4.69. The van der Waals surface area contributed by atoms with E-state index in [-0.39, 0.29) is 5.54 Å². The van der Waals surface area contributed by atoms with Crippen molar-refractivity contribution in [1.29, 1.82) is 0 Å². The Labute approximate surface area is 127 Å². The third-order valence-corrected chi connectivity index (χ3v) is 2.63. The zero-order valence-corrected chi connectivity index (χ0v) is 12.9. The van der Waals surface area contributed by atoms with Gasteiger partial charge < -0.3 is 14.8 Å². The van der Waals surface area contributed by atoms with Crippen molar-refractivity contribution in [3.63, 3.8) is 0 Å². The molecule has 0 bridgehead atoms. The minimum atomic E-state index is -4.36. The summed E-state index contributed by atoms with van der Waals surface area (Å²) < 4.78 is 45.5. The summed E-state index contributed by atoms with van der Waals surface area (Å²) in [5, 5.41) is 3.79. The minimum absolute atomic E-state index is 0.105. The van der Waals surface area contributed by atoms with Gasteiger partial charge in [0.2, 0.25) is 0 Å². The summed E-state index contributed by atoms with van der Waals surface area (Å²) in [5.74, 6) is 0.443. The molecule has 0 spiro atoms. The summed E-state index contributed by atoms with van der Waals surface area (Å²) >= 11 is 5.92. The van der Waals surface area contributed by atoms with E-state index in [1.165, 1.54) is 0 Å². The molecule has 1 aromatic carbocycles. The van der Waals surface area contributed by atoms with E-state index >= 15 is 0 Å². The topological polar surface area (TPSA) is 30.5 Å². The highest BCUT2D eigenvalue weighted by Crippen LogP contribution is 2.24. The molecule has 1 rings (SSSR count). The Morgan fingerprint density at radius 3 is 2.43 bits per heavy atom. The quantitative estimate of drug-likeness (QED) is 0.630. The van der Waals surface area contributed by atoms with Crippen LogP contribution in [-0.2, 0) is 11.3 Å². The molecule has 0 atom stereocenters. The van der Waals surface area contributed by atoms with Crippen LogP contribution in [-0.4, -0.2) is 25.1 Å². The van der Waals surface area contributed by atoms with Crippen molar-refractivity contribution in [3.05, 3.63) is 28.8 Å². The van der Waals surface area contributed by atoms with Crippen LogP contribution in [0.3, 0.4) is 0 Å². The zero-order chi connectivity index (χ0) is 16.1. The first kappa shape index (κ1) is 18.1. The van der Waals surface area contributed by atoms with Crippen LogP contribution in [0.1, 0.15) is 26.3 Å². The molecule has 0 unspecified atom stereocenters. The van der Waals surface area contributed by atoms with E-state index in [1.54, 1.807) is 18.2 Å². The van der Waals surface area contributed by atoms with Crippen LogP contribution >= 0.6 is 11.6 Å². The van der Waals surface area contributed by atoms with E-state index in [2.05, 4.69) is 10.1 Å². The standard InChI is InChI=1S/C14H19ClF3NO2/c1-13(2,3)19-7-10-6-11(15)4-5-12(10)21-9-20-8-14(16,17)18/h4-6,19H,7-9H2,1-3H3. The lowest BCUT2D eigenvalue weighted by molar-refractivity contribution is -0.186. The SMILES string of the molecule is CC(C)(C)NCc1cc(Cl)ccc1OCOCC(F)(F)F. The van der Waals surface area contributed by atoms with Gasteiger partial charge in [0, 0.05) is 22.7 Å². The molecule has 0 fully saturated rings. The van der Waals surface area contributed by atoms with Gasteiger partial charge in [0.1, 0.15) is 12.4 Å². The van der Waals surface area contributed by atoms with E-state index in [4.69, 9.17) is 16.3 Å². The fourth-order valence-electron chi connectivity index (χ4n) is 1.45. The van der Waals surface area contributed by atoms with Crippen molar-refractivity contribution < 1.29 is 22.6 Å². The molecular formula is C14H19ClF3NO2. The van der Waals surface area contributed by atoms with Gasteiger partial charge in [-0.25, -0.2) is 0 Å². The number of halogens is 4. The Bertz CT molecular complexity index is 459. The molecule has 3 nitrogen and oxygen atoms in total. The van der Waals surface area contributed by atoms with Crippen LogP contribution in [0.15, 0.2) is 18.2 Å². The molecule has 21 heavy (non-hydrogen) atoms. The van der Waals surface area contributed by atoms with Crippen molar-refractivity contribution in [3.8, 4) is 5.75 Å². The Morgan fingerprint density at radius 1 is 1.19 bits per heavy atom. The third kappa shape index (κ3) is 8.14. The number of rotatable bonds is 6. The number of nitrogens with one attached hydrogen (secondary N) is 1. The highest BCUT2D eigenvalue weighted by Gasteiger charge is 2.27. The third-order valence-electron chi connectivity index (χ3n) is 2.40. The Kier molecular flexibility index (Phi) is 6.31. The number of hydrogen-bond acceptors (Lipinski definition) is 3. The predicted molar refractivity (Wildman–Crippen MR) is 75.5 cm³/mol. The molecule has 0 aliphatic rings. The van der Waals surface area contributed by atoms with Crippen LogP contribution in [0, 0.1) is 0 Å². The van der Waals surface area contributed by atoms with Crippen LogP contribution in [0.2, 0.25) is 5.02 Å². The molecule has 0 heterocycles. The van der Waals surface area contributed by atoms with E-state index in [9.17, 15) is 13.2 Å². The van der Waals surface area contributed by atoms with Crippen LogP contribution < -0.4 is 10.1 Å². The van der Waals surface area contributed by atoms with Gasteiger partial charge in [0.25, 0.3) is 0 Å². The van der Waals surface area contributed by atoms with Gasteiger partial charge in [-0.1, -0.05) is 11.6 Å². The van der Waals surface area contributed by atoms with Crippen LogP contribution in [0.4, 0.5) is 13.2 Å². The van der Waals surface area contributed by atoms with E-state index in [0.29, 0.717) is 17.3 Å². The monoisotopic (exact) mass is 325 g/mol. The summed E-state index contributed by atoms with van der Waals surface area (Å²) in [4.78, 5) is 0. The van der Waals surface area contributed by atoms with Gasteiger partial charge >= 0.3 is 6.18 Å². The normalized spacial score (nSPS) is 12.5. The molecule has 0 aromatic heterocycles. The maximum atomic E-state index is 12.0. The smallest absolute Gasteiger partial charge is 0.411 e. The van der Waals surface area contributed by atoms with Gasteiger partial charge in [-0.15, -0.1) is 0 Å². The lowest BCUT2D eigenvalue weighted by atomic mass is 10.1. The highest BCUT2D eigenvalue weighted by molar-refractivity contribution is 6.30. The second-order valence-corrected chi connectivity index (χ2v) is 6.02. The van der Waals surface area contributed by atoms with Gasteiger partial charge in [-0.3, -0.25) is 0 Å². The highest BCUT2D eigenvalue weighted by atomic mass is 35.5. The predicted octanol–water partition coefficient (Wildman–Crippen LogP) is 4.14. The first-order valence-corrected chi connectivity index (χ1v) is 6.75. The molecule has 0 saturated heterocycles. The van der Waals surface area contributed by atoms with Gasteiger partial charge in [0.15, 0.2) is 6.79 Å². The molecule has 0 aliphatic heterocycles. The second-order valence-electron chi connectivity index (χ2n) is 5.58. The van der Waals surface area contributed by atoms with Crippen molar-refractivity contribution in [2.24, 2.45) is 0 Å². The summed E-state index contributed by atoms with van der Waals surface area (Å²) in [6, 6.07) is 4.93. The summed E-state index contributed by atoms with van der Waals surface area (Å²) in [7, 11) is 0. The van der Waals surface area contributed by atoms with E-state index < -0.39 is 19.6 Å². The number of benzene rings is 1. The Hall–Kier alpha value is -0.980. The van der Waals surface area contributed by atoms with Crippen molar-refractivity contribution in [2.75, 3.05) is 13.4 Å². The molecule has 0 aliphatic carbocycles. The lowest BCUT2D eigenvalue weighted by Crippen LogP contribution is -2.35. The van der Waals surface area contributed by atoms with Gasteiger partial charge in [-0.05, 0) is 39.0 Å². The molecule has 1 aromatic rings. The average Bonchev–Trinajstić information content (AvgIpc) is 2.31. The largest absolute Gasteiger partial charge is 0.467 e. The summed E-state index contributed by atoms with van der Waals surface area (Å²) in [6.07, 6.45) is -4.36. The molecular weight excluding hydrogens is 307 g/mol. The first-order chi connectivity index (χ1) is 9.57. The molecule has 1 N–H and O–H groups in total. The fraction of sp³-hybridized carbons (Fsp3) is 0.571. The maximum absolute atomic E-state index is 12.0. The zero-order valence-electron chi connectivity index (χ0n) is 12.2. The Morgan fingerprint density at radius 2 is 1.86 bits per heavy atom. The molecule has 7 heteroatoms. The number of alkyl halides is 3. The lowest BCUT2D eigenvalue weighted by Gasteiger charge is -2.22. The Balaban J connectivity index is 2.60. The fourth-order valence-corrected chi connectivity index (χ4v) is 1.64. The van der Waals surface area contributed by atoms with Crippen LogP contribution in [0.25, 0.3) is 0 Å². The minimum Gasteiger partial charge on any atom is -0.467 e. The van der Waals surface area contributed by atoms with E-state index in [0.717, 1.165) is 5.56 Å². The molecule has 0 saturated carbocycles. The second kappa shape index (κ2) is 7.33. The average molecular weight is 326 g/mol. The van der Waals surface area contributed by atoms with Crippen LogP contribution in [0.5, 0.6) is 5.75 Å². The van der Waals surface area contributed by atoms with Crippen molar-refractivity contribution in [2.45, 2.75) is 39.0 Å². The molecule has 0 radical (unpaired) electrons. The summed E-state index contributed by atoms with van der Waals surface area (Å²) in [5.41, 5.74) is 0.653. The van der Waals surface area contributed by atoms with Gasteiger partial charge in [0.05, 0.1) is 0 Å². The van der Waals surface area contributed by atoms with Crippen molar-refractivity contribution >= 4 is 11.6 Å². The van der Waals surface area contributed by atoms with Crippen molar-refractivity contribution in [1.82, 2.24) is 5.32 Å². The number of ether oxygens (including phenoxy) is 2. The van der Waals surface area contributed by atoms with E-state index in [1.807, 2.05) is 20.8 Å². The maximum Gasteiger partial charge on any atom is 0.411 e. The number of hydrogen-bond donors (Lipinski definition) is 1. The molecule has 0 amide bonds. The molecule has 120 valence electrons.